The Bertz CT molecular complexity index is 314. The van der Waals surface area contributed by atoms with Gasteiger partial charge in [-0.3, -0.25) is 0 Å². The quantitative estimate of drug-likeness (QED) is 0.812. The molecule has 1 aliphatic carbocycles. The summed E-state index contributed by atoms with van der Waals surface area (Å²) >= 11 is 2.02. The third-order valence-electron chi connectivity index (χ3n) is 3.08. The van der Waals surface area contributed by atoms with Crippen LogP contribution in [0, 0.1) is 0 Å². The molecule has 0 saturated heterocycles. The number of hydrogen-bond donors (Lipinski definition) is 1. The SMILES string of the molecule is CC(C)c1cc2c(s1)C(CCN)CC2. The van der Waals surface area contributed by atoms with Crippen molar-refractivity contribution in [3.8, 4) is 0 Å². The minimum Gasteiger partial charge on any atom is -0.330 e. The zero-order valence-corrected chi connectivity index (χ0v) is 9.86. The number of nitrogens with two attached hydrogens (primary N) is 1. The minimum absolute atomic E-state index is 0.684. The van der Waals surface area contributed by atoms with Crippen LogP contribution in [0.15, 0.2) is 6.07 Å². The summed E-state index contributed by atoms with van der Waals surface area (Å²) in [7, 11) is 0. The van der Waals surface area contributed by atoms with Crippen LogP contribution < -0.4 is 5.73 Å². The van der Waals surface area contributed by atoms with E-state index in [2.05, 4.69) is 19.9 Å². The molecule has 2 N–H and O–H groups in total. The van der Waals surface area contributed by atoms with Crippen molar-refractivity contribution in [2.24, 2.45) is 5.73 Å². The van der Waals surface area contributed by atoms with Crippen molar-refractivity contribution in [1.82, 2.24) is 0 Å². The number of aryl methyl sites for hydroxylation is 1. The van der Waals surface area contributed by atoms with Gasteiger partial charge in [0, 0.05) is 9.75 Å². The molecule has 1 nitrogen and oxygen atoms in total. The molecule has 1 atom stereocenters. The highest BCUT2D eigenvalue weighted by molar-refractivity contribution is 7.12. The molecule has 0 bridgehead atoms. The first-order valence-corrected chi connectivity index (χ1v) is 6.36. The van der Waals surface area contributed by atoms with E-state index in [4.69, 9.17) is 5.73 Å². The lowest BCUT2D eigenvalue weighted by Gasteiger charge is -2.07. The van der Waals surface area contributed by atoms with Crippen LogP contribution in [0.1, 0.15) is 53.8 Å². The lowest BCUT2D eigenvalue weighted by atomic mass is 10.1. The highest BCUT2D eigenvalue weighted by atomic mass is 32.1. The van der Waals surface area contributed by atoms with Gasteiger partial charge in [0.05, 0.1) is 0 Å². The van der Waals surface area contributed by atoms with Gasteiger partial charge in [-0.05, 0) is 49.3 Å². The average molecular weight is 209 g/mol. The van der Waals surface area contributed by atoms with Gasteiger partial charge in [-0.25, -0.2) is 0 Å². The van der Waals surface area contributed by atoms with Crippen molar-refractivity contribution in [1.29, 1.82) is 0 Å². The highest BCUT2D eigenvalue weighted by Crippen LogP contribution is 2.42. The van der Waals surface area contributed by atoms with Gasteiger partial charge in [-0.1, -0.05) is 13.8 Å². The second-order valence-corrected chi connectivity index (χ2v) is 5.62. The van der Waals surface area contributed by atoms with Crippen LogP contribution in [-0.4, -0.2) is 6.54 Å². The molecule has 0 saturated carbocycles. The third kappa shape index (κ3) is 1.73. The number of hydrogen-bond acceptors (Lipinski definition) is 2. The van der Waals surface area contributed by atoms with Gasteiger partial charge in [0.25, 0.3) is 0 Å². The van der Waals surface area contributed by atoms with Crippen molar-refractivity contribution >= 4 is 11.3 Å². The summed E-state index contributed by atoms with van der Waals surface area (Å²) in [6.45, 7) is 5.39. The molecule has 0 amide bonds. The van der Waals surface area contributed by atoms with Gasteiger partial charge in [-0.2, -0.15) is 0 Å². The molecule has 0 fully saturated rings. The number of fused-ring (bicyclic) bond motifs is 1. The fourth-order valence-electron chi connectivity index (χ4n) is 2.23. The lowest BCUT2D eigenvalue weighted by molar-refractivity contribution is 0.633. The molecular formula is C12H19NS. The van der Waals surface area contributed by atoms with Crippen LogP contribution in [-0.2, 0) is 6.42 Å². The summed E-state index contributed by atoms with van der Waals surface area (Å²) in [6.07, 6.45) is 3.78. The largest absolute Gasteiger partial charge is 0.330 e. The Kier molecular flexibility index (Phi) is 2.93. The van der Waals surface area contributed by atoms with E-state index in [9.17, 15) is 0 Å². The van der Waals surface area contributed by atoms with Crippen LogP contribution in [0.2, 0.25) is 0 Å². The normalized spacial score (nSPS) is 20.4. The van der Waals surface area contributed by atoms with Crippen molar-refractivity contribution in [2.45, 2.75) is 44.9 Å². The molecular weight excluding hydrogens is 190 g/mol. The van der Waals surface area contributed by atoms with E-state index in [0.29, 0.717) is 5.92 Å². The number of thiophene rings is 1. The summed E-state index contributed by atoms with van der Waals surface area (Å²) in [5.74, 6) is 1.46. The Balaban J connectivity index is 2.21. The predicted octanol–water partition coefficient (Wildman–Crippen LogP) is 3.25. The van der Waals surface area contributed by atoms with Crippen LogP contribution in [0.4, 0.5) is 0 Å². The minimum atomic E-state index is 0.684. The van der Waals surface area contributed by atoms with Crippen molar-refractivity contribution in [3.63, 3.8) is 0 Å². The first-order valence-electron chi connectivity index (χ1n) is 5.55. The summed E-state index contributed by atoms with van der Waals surface area (Å²) < 4.78 is 0. The standard InChI is InChI=1S/C12H19NS/c1-8(2)11-7-10-4-3-9(5-6-13)12(10)14-11/h7-9H,3-6,13H2,1-2H3. The molecule has 78 valence electrons. The molecule has 1 aromatic rings. The van der Waals surface area contributed by atoms with E-state index >= 15 is 0 Å². The smallest absolute Gasteiger partial charge is 0.0112 e. The van der Waals surface area contributed by atoms with Crippen LogP contribution in [0.25, 0.3) is 0 Å². The number of rotatable bonds is 3. The molecule has 1 aliphatic rings. The second-order valence-electron chi connectivity index (χ2n) is 4.51. The van der Waals surface area contributed by atoms with Crippen LogP contribution >= 0.6 is 11.3 Å². The average Bonchev–Trinajstić information content (AvgIpc) is 2.67. The van der Waals surface area contributed by atoms with E-state index in [1.54, 1.807) is 15.3 Å². The van der Waals surface area contributed by atoms with E-state index in [0.717, 1.165) is 12.5 Å². The van der Waals surface area contributed by atoms with Gasteiger partial charge < -0.3 is 5.73 Å². The topological polar surface area (TPSA) is 26.0 Å². The fraction of sp³-hybridized carbons (Fsp3) is 0.667. The van der Waals surface area contributed by atoms with E-state index in [1.807, 2.05) is 11.3 Å². The van der Waals surface area contributed by atoms with Crippen molar-refractivity contribution < 1.29 is 0 Å². The Morgan fingerprint density at radius 1 is 1.57 bits per heavy atom. The molecule has 1 heterocycles. The van der Waals surface area contributed by atoms with Gasteiger partial charge >= 0.3 is 0 Å². The molecule has 0 spiro atoms. The Labute approximate surface area is 90.3 Å². The third-order valence-corrected chi connectivity index (χ3v) is 4.72. The molecule has 0 aliphatic heterocycles. The summed E-state index contributed by atoms with van der Waals surface area (Å²) in [5, 5.41) is 0. The van der Waals surface area contributed by atoms with Gasteiger partial charge in [-0.15, -0.1) is 11.3 Å². The van der Waals surface area contributed by atoms with Crippen LogP contribution in [0.3, 0.4) is 0 Å². The molecule has 0 aromatic carbocycles. The maximum absolute atomic E-state index is 5.64. The molecule has 14 heavy (non-hydrogen) atoms. The zero-order valence-electron chi connectivity index (χ0n) is 9.05. The maximum atomic E-state index is 5.64. The first kappa shape index (κ1) is 10.2. The molecule has 1 aromatic heterocycles. The molecule has 2 heteroatoms. The second kappa shape index (κ2) is 4.03. The fourth-order valence-corrected chi connectivity index (χ4v) is 3.61. The molecule has 2 rings (SSSR count). The maximum Gasteiger partial charge on any atom is 0.0112 e. The highest BCUT2D eigenvalue weighted by Gasteiger charge is 2.25. The van der Waals surface area contributed by atoms with E-state index in [1.165, 1.54) is 19.3 Å². The van der Waals surface area contributed by atoms with Crippen molar-refractivity contribution in [3.05, 3.63) is 21.4 Å². The monoisotopic (exact) mass is 209 g/mol. The van der Waals surface area contributed by atoms with Crippen LogP contribution in [0.5, 0.6) is 0 Å². The summed E-state index contributed by atoms with van der Waals surface area (Å²) in [5.41, 5.74) is 7.25. The van der Waals surface area contributed by atoms with Gasteiger partial charge in [0.2, 0.25) is 0 Å². The summed E-state index contributed by atoms with van der Waals surface area (Å²) in [4.78, 5) is 3.19. The Hall–Kier alpha value is -0.340. The molecule has 0 radical (unpaired) electrons. The first-order chi connectivity index (χ1) is 6.72. The zero-order chi connectivity index (χ0) is 10.1. The predicted molar refractivity (Wildman–Crippen MR) is 63.1 cm³/mol. The lowest BCUT2D eigenvalue weighted by Crippen LogP contribution is -2.03. The van der Waals surface area contributed by atoms with E-state index < -0.39 is 0 Å². The Morgan fingerprint density at radius 3 is 3.00 bits per heavy atom. The Morgan fingerprint density at radius 2 is 2.36 bits per heavy atom. The van der Waals surface area contributed by atoms with E-state index in [-0.39, 0.29) is 0 Å². The molecule has 1 unspecified atom stereocenters. The van der Waals surface area contributed by atoms with Gasteiger partial charge in [0.15, 0.2) is 0 Å². The van der Waals surface area contributed by atoms with Crippen molar-refractivity contribution in [2.75, 3.05) is 6.54 Å². The van der Waals surface area contributed by atoms with Gasteiger partial charge in [0.1, 0.15) is 0 Å². The summed E-state index contributed by atoms with van der Waals surface area (Å²) in [6, 6.07) is 2.42.